The van der Waals surface area contributed by atoms with Gasteiger partial charge in [0.05, 0.1) is 5.69 Å². The number of aliphatic imine (C=N–C) groups is 1. The lowest BCUT2D eigenvalue weighted by atomic mass is 10.1. The van der Waals surface area contributed by atoms with Crippen LogP contribution in [0.1, 0.15) is 0 Å². The molecule has 0 saturated carbocycles. The number of benzene rings is 1. The first-order valence-electron chi connectivity index (χ1n) is 4.59. The van der Waals surface area contributed by atoms with Gasteiger partial charge < -0.3 is 0 Å². The zero-order valence-corrected chi connectivity index (χ0v) is 10.1. The van der Waals surface area contributed by atoms with Gasteiger partial charge in [-0.1, -0.05) is 34.1 Å². The number of carbonyl (C=O) groups excluding carboxylic acids is 1. The Morgan fingerprint density at radius 2 is 2.19 bits per heavy atom. The van der Waals surface area contributed by atoms with Gasteiger partial charge in [-0.3, -0.25) is 0 Å². The van der Waals surface area contributed by atoms with E-state index in [0.717, 1.165) is 15.7 Å². The van der Waals surface area contributed by atoms with Crippen LogP contribution in [0.3, 0.4) is 0 Å². The van der Waals surface area contributed by atoms with E-state index in [1.54, 1.807) is 17.8 Å². The SMILES string of the molecule is Cn1nc(-c2ccccc2Br)cc1N=C=O. The number of nitrogens with zero attached hydrogens (tertiary/aromatic N) is 3. The monoisotopic (exact) mass is 277 g/mol. The van der Waals surface area contributed by atoms with Gasteiger partial charge in [0.1, 0.15) is 0 Å². The molecular formula is C11H8BrN3O. The summed E-state index contributed by atoms with van der Waals surface area (Å²) in [7, 11) is 1.73. The van der Waals surface area contributed by atoms with Gasteiger partial charge in [-0.25, -0.2) is 9.48 Å². The Hall–Kier alpha value is -1.71. The van der Waals surface area contributed by atoms with Crippen molar-refractivity contribution in [3.8, 4) is 11.3 Å². The zero-order valence-electron chi connectivity index (χ0n) is 8.51. The summed E-state index contributed by atoms with van der Waals surface area (Å²) in [5, 5.41) is 4.27. The van der Waals surface area contributed by atoms with Gasteiger partial charge in [-0.15, -0.1) is 4.99 Å². The van der Waals surface area contributed by atoms with Crippen LogP contribution in [-0.4, -0.2) is 15.9 Å². The summed E-state index contributed by atoms with van der Waals surface area (Å²) in [5.41, 5.74) is 1.73. The van der Waals surface area contributed by atoms with E-state index in [9.17, 15) is 4.79 Å². The maximum absolute atomic E-state index is 10.2. The molecule has 0 aliphatic carbocycles. The maximum atomic E-state index is 10.2. The van der Waals surface area contributed by atoms with Gasteiger partial charge in [0.15, 0.2) is 5.82 Å². The molecule has 0 saturated heterocycles. The highest BCUT2D eigenvalue weighted by molar-refractivity contribution is 9.10. The fraction of sp³-hybridized carbons (Fsp3) is 0.0909. The molecule has 0 spiro atoms. The molecule has 5 heteroatoms. The molecule has 0 unspecified atom stereocenters. The third kappa shape index (κ3) is 1.96. The predicted octanol–water partition coefficient (Wildman–Crippen LogP) is 2.82. The second-order valence-corrected chi connectivity index (χ2v) is 4.05. The Balaban J connectivity index is 2.54. The second-order valence-electron chi connectivity index (χ2n) is 3.19. The van der Waals surface area contributed by atoms with Gasteiger partial charge in [0.25, 0.3) is 0 Å². The van der Waals surface area contributed by atoms with E-state index < -0.39 is 0 Å². The van der Waals surface area contributed by atoms with Crippen molar-refractivity contribution < 1.29 is 4.79 Å². The molecule has 4 nitrogen and oxygen atoms in total. The van der Waals surface area contributed by atoms with Crippen LogP contribution in [-0.2, 0) is 11.8 Å². The first-order chi connectivity index (χ1) is 7.72. The molecule has 0 amide bonds. The number of hydrogen-bond donors (Lipinski definition) is 0. The summed E-state index contributed by atoms with van der Waals surface area (Å²) in [6.07, 6.45) is 1.51. The molecule has 1 aromatic carbocycles. The molecule has 80 valence electrons. The smallest absolute Gasteiger partial charge is 0.242 e. The van der Waals surface area contributed by atoms with Crippen LogP contribution in [0.4, 0.5) is 5.82 Å². The van der Waals surface area contributed by atoms with E-state index in [1.807, 2.05) is 24.3 Å². The lowest BCUT2D eigenvalue weighted by molar-refractivity contribution is 0.564. The Bertz CT molecular complexity index is 570. The highest BCUT2D eigenvalue weighted by Crippen LogP contribution is 2.28. The van der Waals surface area contributed by atoms with E-state index in [2.05, 4.69) is 26.0 Å². The van der Waals surface area contributed by atoms with E-state index in [4.69, 9.17) is 0 Å². The molecule has 16 heavy (non-hydrogen) atoms. The Morgan fingerprint density at radius 1 is 1.44 bits per heavy atom. The number of hydrogen-bond acceptors (Lipinski definition) is 3. The van der Waals surface area contributed by atoms with Crippen LogP contribution in [0.2, 0.25) is 0 Å². The van der Waals surface area contributed by atoms with E-state index in [0.29, 0.717) is 5.82 Å². The van der Waals surface area contributed by atoms with E-state index in [1.165, 1.54) is 6.08 Å². The van der Waals surface area contributed by atoms with Crippen LogP contribution < -0.4 is 0 Å². The van der Waals surface area contributed by atoms with Crippen LogP contribution in [0.25, 0.3) is 11.3 Å². The van der Waals surface area contributed by atoms with Gasteiger partial charge in [-0.2, -0.15) is 5.10 Å². The average molecular weight is 278 g/mol. The molecule has 1 heterocycles. The summed E-state index contributed by atoms with van der Waals surface area (Å²) in [6.45, 7) is 0. The van der Waals surface area contributed by atoms with Crippen LogP contribution in [0, 0.1) is 0 Å². The first-order valence-corrected chi connectivity index (χ1v) is 5.38. The minimum Gasteiger partial charge on any atom is -0.250 e. The molecule has 0 radical (unpaired) electrons. The average Bonchev–Trinajstić information content (AvgIpc) is 2.61. The molecular weight excluding hydrogens is 270 g/mol. The van der Waals surface area contributed by atoms with Crippen LogP contribution in [0.15, 0.2) is 39.8 Å². The van der Waals surface area contributed by atoms with Crippen molar-refractivity contribution in [2.75, 3.05) is 0 Å². The van der Waals surface area contributed by atoms with E-state index >= 15 is 0 Å². The minimum atomic E-state index is 0.487. The highest BCUT2D eigenvalue weighted by atomic mass is 79.9. The molecule has 2 aromatic rings. The normalized spacial score (nSPS) is 9.88. The van der Waals surface area contributed by atoms with Crippen molar-refractivity contribution in [1.29, 1.82) is 0 Å². The number of halogens is 1. The number of rotatable bonds is 2. The number of isocyanates is 1. The lowest BCUT2D eigenvalue weighted by Gasteiger charge is -1.98. The highest BCUT2D eigenvalue weighted by Gasteiger charge is 2.08. The second kappa shape index (κ2) is 4.43. The van der Waals surface area contributed by atoms with Gasteiger partial charge >= 0.3 is 0 Å². The van der Waals surface area contributed by atoms with Gasteiger partial charge in [-0.05, 0) is 6.07 Å². The van der Waals surface area contributed by atoms with Crippen molar-refractivity contribution >= 4 is 27.8 Å². The van der Waals surface area contributed by atoms with Crippen molar-refractivity contribution in [2.45, 2.75) is 0 Å². The van der Waals surface area contributed by atoms with Gasteiger partial charge in [0.2, 0.25) is 6.08 Å². The quantitative estimate of drug-likeness (QED) is 0.626. The zero-order chi connectivity index (χ0) is 11.5. The number of aryl methyl sites for hydroxylation is 1. The molecule has 1 aromatic heterocycles. The van der Waals surface area contributed by atoms with Crippen LogP contribution >= 0.6 is 15.9 Å². The minimum absolute atomic E-state index is 0.487. The van der Waals surface area contributed by atoms with Crippen molar-refractivity contribution in [3.63, 3.8) is 0 Å². The van der Waals surface area contributed by atoms with Crippen molar-refractivity contribution in [1.82, 2.24) is 9.78 Å². The maximum Gasteiger partial charge on any atom is 0.242 e. The first kappa shape index (κ1) is 10.8. The fourth-order valence-electron chi connectivity index (χ4n) is 1.41. The largest absolute Gasteiger partial charge is 0.250 e. The summed E-state index contributed by atoms with van der Waals surface area (Å²) >= 11 is 3.45. The topological polar surface area (TPSA) is 47.2 Å². The lowest BCUT2D eigenvalue weighted by Crippen LogP contribution is -1.89. The molecule has 0 bridgehead atoms. The third-order valence-corrected chi connectivity index (χ3v) is 2.86. The summed E-state index contributed by atoms with van der Waals surface area (Å²) in [5.74, 6) is 0.487. The number of aromatic nitrogens is 2. The van der Waals surface area contributed by atoms with Crippen molar-refractivity contribution in [2.24, 2.45) is 12.0 Å². The van der Waals surface area contributed by atoms with E-state index in [-0.39, 0.29) is 0 Å². The van der Waals surface area contributed by atoms with Crippen LogP contribution in [0.5, 0.6) is 0 Å². The van der Waals surface area contributed by atoms with Crippen molar-refractivity contribution in [3.05, 3.63) is 34.8 Å². The molecule has 0 fully saturated rings. The Morgan fingerprint density at radius 3 is 2.88 bits per heavy atom. The molecule has 0 N–H and O–H groups in total. The Labute approximate surface area is 101 Å². The standard InChI is InChI=1S/C11H8BrN3O/c1-15-11(13-7-16)6-10(14-15)8-4-2-3-5-9(8)12/h2-6H,1H3. The summed E-state index contributed by atoms with van der Waals surface area (Å²) in [6, 6.07) is 9.48. The summed E-state index contributed by atoms with van der Waals surface area (Å²) < 4.78 is 2.49. The predicted molar refractivity (Wildman–Crippen MR) is 64.1 cm³/mol. The Kier molecular flexibility index (Phi) is 2.99. The molecule has 0 aliphatic heterocycles. The fourth-order valence-corrected chi connectivity index (χ4v) is 1.90. The molecule has 2 rings (SSSR count). The van der Waals surface area contributed by atoms with Gasteiger partial charge in [0, 0.05) is 23.2 Å². The molecule has 0 aliphatic rings. The molecule has 0 atom stereocenters. The third-order valence-electron chi connectivity index (χ3n) is 2.17. The summed E-state index contributed by atoms with van der Waals surface area (Å²) in [4.78, 5) is 13.8.